The number of amides is 3. The minimum Gasteiger partial charge on any atom is -0.476 e. The Morgan fingerprint density at radius 1 is 0.875 bits per heavy atom. The van der Waals surface area contributed by atoms with Crippen LogP contribution in [-0.2, 0) is 4.74 Å². The summed E-state index contributed by atoms with van der Waals surface area (Å²) in [4.78, 5) is 60.5. The predicted octanol–water partition coefficient (Wildman–Crippen LogP) is 7.18. The highest BCUT2D eigenvalue weighted by atomic mass is 32.1. The zero-order chi connectivity index (χ0) is 35.0. The van der Waals surface area contributed by atoms with Gasteiger partial charge in [-0.1, -0.05) is 37.3 Å². The van der Waals surface area contributed by atoms with Crippen molar-refractivity contribution in [2.75, 3.05) is 33.2 Å². The second-order valence-electron chi connectivity index (χ2n) is 13.0. The molecule has 4 heterocycles. The fourth-order valence-corrected chi connectivity index (χ4v) is 7.76. The molecule has 12 nitrogen and oxygen atoms in total. The molecule has 2 aliphatic rings. The predicted molar refractivity (Wildman–Crippen MR) is 184 cm³/mol. The average molecular weight is 700 g/mol. The van der Waals surface area contributed by atoms with E-state index in [0.717, 1.165) is 34.8 Å². The molecule has 3 amide bonds. The Bertz CT molecular complexity index is 1540. The largest absolute Gasteiger partial charge is 0.476 e. The number of rotatable bonds is 7. The number of carbonyl (C=O) groups excluding carboxylic acids is 2. The maximum Gasteiger partial charge on any atom is 0.410 e. The lowest BCUT2D eigenvalue weighted by Crippen LogP contribution is -2.41. The first-order valence-corrected chi connectivity index (χ1v) is 17.9. The van der Waals surface area contributed by atoms with Crippen LogP contribution in [0.2, 0.25) is 0 Å². The van der Waals surface area contributed by atoms with Crippen LogP contribution in [0.25, 0.3) is 0 Å². The zero-order valence-corrected chi connectivity index (χ0v) is 29.8. The van der Waals surface area contributed by atoms with E-state index in [1.54, 1.807) is 21.1 Å². The molecule has 260 valence electrons. The molecule has 0 unspecified atom stereocenters. The number of thiazole rings is 2. The molecule has 48 heavy (non-hydrogen) atoms. The molecule has 1 aromatic carbocycles. The highest BCUT2D eigenvalue weighted by molar-refractivity contribution is 7.10. The number of hydrogen-bond acceptors (Lipinski definition) is 9. The molecule has 2 aliphatic heterocycles. The minimum atomic E-state index is -1.02. The third-order valence-electron chi connectivity index (χ3n) is 8.45. The molecular weight excluding hydrogens is 655 g/mol. The van der Waals surface area contributed by atoms with Crippen molar-refractivity contribution < 1.29 is 34.1 Å². The Hall–Kier alpha value is -4.04. The SMILES string of the molecule is CC[C@H](c1ccccc1)N(C)C(=O)c1csc(C2CCN(C(=O)OC(C)(C)C)CC2)n1.O=C(O)c1csc(C2CCN(C(=O)O)CC2)n1. The summed E-state index contributed by atoms with van der Waals surface area (Å²) in [5.74, 6) is -0.616. The smallest absolute Gasteiger partial charge is 0.410 e. The standard InChI is InChI=1S/C24H33N3O3S.C10H12N2O4S/c1-6-20(17-10-8-7-9-11-17)26(5)22(28)19-16-31-21(25-19)18-12-14-27(15-13-18)23(29)30-24(2,3)4;13-9(14)7-5-17-8(11-7)6-1-3-12(4-2-6)10(15)16/h7-11,16,18,20H,6,12-15H2,1-5H3;5-6H,1-4H2,(H,13,14)(H,15,16)/t20-;/m1./s1. The van der Waals surface area contributed by atoms with Crippen molar-refractivity contribution >= 4 is 46.7 Å². The highest BCUT2D eigenvalue weighted by Crippen LogP contribution is 2.33. The first kappa shape index (κ1) is 36.8. The number of likely N-dealkylation sites (tertiary alicyclic amines) is 2. The molecule has 2 N–H and O–H groups in total. The molecule has 0 bridgehead atoms. The van der Waals surface area contributed by atoms with E-state index in [9.17, 15) is 19.2 Å². The normalized spacial score (nSPS) is 16.4. The van der Waals surface area contributed by atoms with Crippen molar-refractivity contribution in [2.24, 2.45) is 0 Å². The van der Waals surface area contributed by atoms with Crippen LogP contribution in [0.15, 0.2) is 41.1 Å². The van der Waals surface area contributed by atoms with E-state index >= 15 is 0 Å². The van der Waals surface area contributed by atoms with Crippen LogP contribution < -0.4 is 0 Å². The van der Waals surface area contributed by atoms with Crippen LogP contribution in [0.5, 0.6) is 0 Å². The molecule has 0 saturated carbocycles. The molecule has 2 aromatic heterocycles. The van der Waals surface area contributed by atoms with Gasteiger partial charge in [-0.25, -0.2) is 24.4 Å². The Kier molecular flexibility index (Phi) is 12.6. The number of hydrogen-bond donors (Lipinski definition) is 2. The monoisotopic (exact) mass is 699 g/mol. The van der Waals surface area contributed by atoms with Crippen molar-refractivity contribution in [1.82, 2.24) is 24.7 Å². The highest BCUT2D eigenvalue weighted by Gasteiger charge is 2.30. The van der Waals surface area contributed by atoms with Gasteiger partial charge in [0.25, 0.3) is 5.91 Å². The van der Waals surface area contributed by atoms with E-state index in [2.05, 4.69) is 29.0 Å². The molecule has 0 aliphatic carbocycles. The average Bonchev–Trinajstić information content (AvgIpc) is 3.76. The van der Waals surface area contributed by atoms with Gasteiger partial charge in [0.2, 0.25) is 0 Å². The van der Waals surface area contributed by atoms with Crippen LogP contribution in [0.1, 0.15) is 114 Å². The first-order chi connectivity index (χ1) is 22.8. The molecule has 1 atom stereocenters. The Balaban J connectivity index is 0.000000257. The number of benzene rings is 1. The van der Waals surface area contributed by atoms with Gasteiger partial charge in [0.1, 0.15) is 11.3 Å². The van der Waals surface area contributed by atoms with Crippen molar-refractivity contribution in [3.63, 3.8) is 0 Å². The number of carbonyl (C=O) groups is 4. The third-order valence-corrected chi connectivity index (χ3v) is 10.5. The summed E-state index contributed by atoms with van der Waals surface area (Å²) in [5, 5.41) is 22.8. The summed E-state index contributed by atoms with van der Waals surface area (Å²) < 4.78 is 5.47. The summed E-state index contributed by atoms with van der Waals surface area (Å²) >= 11 is 2.88. The van der Waals surface area contributed by atoms with Crippen molar-refractivity contribution in [3.05, 3.63) is 68.1 Å². The number of carboxylic acids is 1. The lowest BCUT2D eigenvalue weighted by atomic mass is 9.98. The van der Waals surface area contributed by atoms with Gasteiger partial charge in [-0.3, -0.25) is 4.79 Å². The van der Waals surface area contributed by atoms with Crippen molar-refractivity contribution in [2.45, 2.75) is 83.3 Å². The fourth-order valence-electron chi connectivity index (χ4n) is 5.83. The van der Waals surface area contributed by atoms with Crippen molar-refractivity contribution in [3.8, 4) is 0 Å². The third kappa shape index (κ3) is 9.75. The van der Waals surface area contributed by atoms with Gasteiger partial charge in [-0.2, -0.15) is 0 Å². The second-order valence-corrected chi connectivity index (χ2v) is 14.8. The Morgan fingerprint density at radius 2 is 1.38 bits per heavy atom. The molecule has 2 saturated heterocycles. The topological polar surface area (TPSA) is 153 Å². The van der Waals surface area contributed by atoms with Crippen LogP contribution >= 0.6 is 22.7 Å². The van der Waals surface area contributed by atoms with Crippen LogP contribution in [-0.4, -0.2) is 97.8 Å². The maximum atomic E-state index is 13.1. The molecule has 14 heteroatoms. The van der Waals surface area contributed by atoms with E-state index in [4.69, 9.17) is 14.9 Å². The van der Waals surface area contributed by atoms with E-state index < -0.39 is 17.7 Å². The molecular formula is C34H45N5O7S2. The van der Waals surface area contributed by atoms with Gasteiger partial charge in [0, 0.05) is 55.8 Å². The summed E-state index contributed by atoms with van der Waals surface area (Å²) in [6.45, 7) is 10.00. The number of nitrogens with zero attached hydrogens (tertiary/aromatic N) is 5. The quantitative estimate of drug-likeness (QED) is 0.261. The zero-order valence-electron chi connectivity index (χ0n) is 28.1. The molecule has 0 spiro atoms. The number of ether oxygens (including phenoxy) is 1. The fraction of sp³-hybridized carbons (Fsp3) is 0.529. The minimum absolute atomic E-state index is 0.0240. The number of carboxylic acid groups (broad SMARTS) is 2. The maximum absolute atomic E-state index is 13.1. The van der Waals surface area contributed by atoms with Crippen molar-refractivity contribution in [1.29, 1.82) is 0 Å². The van der Waals surface area contributed by atoms with Gasteiger partial charge in [-0.15, -0.1) is 22.7 Å². The van der Waals surface area contributed by atoms with Crippen LogP contribution in [0, 0.1) is 0 Å². The molecule has 0 radical (unpaired) electrons. The number of aromatic nitrogens is 2. The molecule has 5 rings (SSSR count). The second kappa shape index (κ2) is 16.4. The van der Waals surface area contributed by atoms with Gasteiger partial charge >= 0.3 is 18.2 Å². The number of aromatic carboxylic acids is 1. The van der Waals surface area contributed by atoms with Gasteiger partial charge in [0.15, 0.2) is 5.69 Å². The van der Waals surface area contributed by atoms with E-state index in [1.165, 1.54) is 21.6 Å². The lowest BCUT2D eigenvalue weighted by molar-refractivity contribution is 0.0204. The molecule has 2 fully saturated rings. The summed E-state index contributed by atoms with van der Waals surface area (Å²) in [6.07, 6.45) is 2.77. The van der Waals surface area contributed by atoms with Crippen LogP contribution in [0.3, 0.4) is 0 Å². The summed E-state index contributed by atoms with van der Waals surface area (Å²) in [7, 11) is 1.85. The lowest BCUT2D eigenvalue weighted by Gasteiger charge is -2.32. The van der Waals surface area contributed by atoms with E-state index in [-0.39, 0.29) is 35.6 Å². The Labute approximate surface area is 289 Å². The Morgan fingerprint density at radius 3 is 1.83 bits per heavy atom. The van der Waals surface area contributed by atoms with E-state index in [0.29, 0.717) is 44.7 Å². The summed E-state index contributed by atoms with van der Waals surface area (Å²) in [5.41, 5.74) is 1.23. The first-order valence-electron chi connectivity index (χ1n) is 16.2. The van der Waals surface area contributed by atoms with Crippen LogP contribution in [0.4, 0.5) is 9.59 Å². The van der Waals surface area contributed by atoms with Gasteiger partial charge in [-0.05, 0) is 58.4 Å². The number of piperidine rings is 2. The summed E-state index contributed by atoms with van der Waals surface area (Å²) in [6, 6.07) is 10.1. The molecule has 3 aromatic rings. The van der Waals surface area contributed by atoms with Gasteiger partial charge in [0.05, 0.1) is 16.1 Å². The van der Waals surface area contributed by atoms with Gasteiger partial charge < -0.3 is 29.6 Å². The van der Waals surface area contributed by atoms with E-state index in [1.807, 2.05) is 51.4 Å².